The van der Waals surface area contributed by atoms with E-state index >= 15 is 0 Å². The maximum atomic E-state index is 13.1. The smallest absolute Gasteiger partial charge is 0.261 e. The number of hydrogen-bond acceptors (Lipinski definition) is 4. The number of nitrogens with one attached hydrogen (secondary N) is 1. The van der Waals surface area contributed by atoms with Gasteiger partial charge in [-0.25, -0.2) is 8.42 Å². The van der Waals surface area contributed by atoms with E-state index in [0.717, 1.165) is 24.8 Å². The molecule has 1 N–H and O–H groups in total. The van der Waals surface area contributed by atoms with E-state index in [2.05, 4.69) is 4.72 Å². The predicted molar refractivity (Wildman–Crippen MR) is 114 cm³/mol. The van der Waals surface area contributed by atoms with Gasteiger partial charge in [-0.15, -0.1) is 0 Å². The molecule has 6 nitrogen and oxygen atoms in total. The Balaban J connectivity index is 1.84. The van der Waals surface area contributed by atoms with Crippen molar-refractivity contribution >= 4 is 21.6 Å². The number of piperidine rings is 1. The van der Waals surface area contributed by atoms with Crippen molar-refractivity contribution in [3.8, 4) is 5.75 Å². The van der Waals surface area contributed by atoms with E-state index in [4.69, 9.17) is 4.74 Å². The maximum Gasteiger partial charge on any atom is 0.261 e. The summed E-state index contributed by atoms with van der Waals surface area (Å²) in [5.74, 6) is 0.571. The molecule has 29 heavy (non-hydrogen) atoms. The van der Waals surface area contributed by atoms with Crippen LogP contribution in [-0.2, 0) is 10.0 Å². The molecule has 0 bridgehead atoms. The molecule has 0 radical (unpaired) electrons. The topological polar surface area (TPSA) is 75.7 Å². The fourth-order valence-corrected chi connectivity index (χ4v) is 4.64. The molecule has 0 aliphatic carbocycles. The Kier molecular flexibility index (Phi) is 6.47. The number of hydrogen-bond donors (Lipinski definition) is 1. The van der Waals surface area contributed by atoms with E-state index in [-0.39, 0.29) is 16.8 Å². The van der Waals surface area contributed by atoms with Crippen LogP contribution < -0.4 is 9.46 Å². The van der Waals surface area contributed by atoms with Crippen LogP contribution in [0, 0.1) is 6.92 Å². The van der Waals surface area contributed by atoms with Gasteiger partial charge in [0, 0.05) is 23.8 Å². The highest BCUT2D eigenvalue weighted by atomic mass is 32.2. The minimum absolute atomic E-state index is 0.0741. The Morgan fingerprint density at radius 2 is 1.90 bits per heavy atom. The zero-order valence-electron chi connectivity index (χ0n) is 17.1. The van der Waals surface area contributed by atoms with Crippen LogP contribution in [0.25, 0.3) is 0 Å². The third kappa shape index (κ3) is 4.90. The number of carbonyl (C=O) groups is 1. The van der Waals surface area contributed by atoms with Gasteiger partial charge in [-0.1, -0.05) is 6.07 Å². The molecule has 1 saturated heterocycles. The van der Waals surface area contributed by atoms with Crippen LogP contribution in [0.2, 0.25) is 0 Å². The Morgan fingerprint density at radius 1 is 1.17 bits per heavy atom. The van der Waals surface area contributed by atoms with Gasteiger partial charge in [0.15, 0.2) is 0 Å². The number of amides is 1. The molecule has 1 fully saturated rings. The van der Waals surface area contributed by atoms with Crippen molar-refractivity contribution < 1.29 is 17.9 Å². The monoisotopic (exact) mass is 416 g/mol. The SMILES string of the molecule is CCOc1ccc(NS(=O)(=O)c2ccc(C)c(C(=O)N3CCCCC3C)c2)cc1. The third-order valence-electron chi connectivity index (χ3n) is 5.23. The van der Waals surface area contributed by atoms with Crippen LogP contribution >= 0.6 is 0 Å². The van der Waals surface area contributed by atoms with E-state index in [1.54, 1.807) is 30.3 Å². The van der Waals surface area contributed by atoms with Crippen molar-refractivity contribution in [2.45, 2.75) is 51.0 Å². The summed E-state index contributed by atoms with van der Waals surface area (Å²) in [5.41, 5.74) is 1.65. The number of carbonyl (C=O) groups excluding carboxylic acids is 1. The van der Waals surface area contributed by atoms with Gasteiger partial charge < -0.3 is 9.64 Å². The van der Waals surface area contributed by atoms with Gasteiger partial charge in [-0.05, 0) is 82.0 Å². The van der Waals surface area contributed by atoms with Crippen molar-refractivity contribution in [1.82, 2.24) is 4.90 Å². The van der Waals surface area contributed by atoms with E-state index in [1.807, 2.05) is 25.7 Å². The maximum absolute atomic E-state index is 13.1. The third-order valence-corrected chi connectivity index (χ3v) is 6.61. The van der Waals surface area contributed by atoms with Crippen LogP contribution in [0.4, 0.5) is 5.69 Å². The Labute approximate surface area is 172 Å². The minimum atomic E-state index is -3.82. The molecule has 0 aromatic heterocycles. The highest BCUT2D eigenvalue weighted by molar-refractivity contribution is 7.92. The van der Waals surface area contributed by atoms with Crippen molar-refractivity contribution in [1.29, 1.82) is 0 Å². The average Bonchev–Trinajstić information content (AvgIpc) is 2.69. The molecule has 1 aliphatic heterocycles. The van der Waals surface area contributed by atoms with Gasteiger partial charge in [-0.2, -0.15) is 0 Å². The first kappa shape index (κ1) is 21.2. The molecule has 1 unspecified atom stereocenters. The first-order valence-electron chi connectivity index (χ1n) is 9.99. The largest absolute Gasteiger partial charge is 0.494 e. The summed E-state index contributed by atoms with van der Waals surface area (Å²) in [6.45, 7) is 7.01. The lowest BCUT2D eigenvalue weighted by Gasteiger charge is -2.34. The Hall–Kier alpha value is -2.54. The van der Waals surface area contributed by atoms with Gasteiger partial charge in [0.1, 0.15) is 5.75 Å². The molecule has 2 aromatic carbocycles. The number of nitrogens with zero attached hydrogens (tertiary/aromatic N) is 1. The summed E-state index contributed by atoms with van der Waals surface area (Å²) >= 11 is 0. The average molecular weight is 417 g/mol. The molecule has 2 aromatic rings. The van der Waals surface area contributed by atoms with E-state index in [9.17, 15) is 13.2 Å². The highest BCUT2D eigenvalue weighted by Crippen LogP contribution is 2.24. The zero-order chi connectivity index (χ0) is 21.0. The van der Waals surface area contributed by atoms with E-state index in [0.29, 0.717) is 30.2 Å². The molecule has 1 aliphatic rings. The van der Waals surface area contributed by atoms with E-state index < -0.39 is 10.0 Å². The lowest BCUT2D eigenvalue weighted by atomic mass is 10.0. The quantitative estimate of drug-likeness (QED) is 0.765. The number of likely N-dealkylation sites (tertiary alicyclic amines) is 1. The molecule has 0 spiro atoms. The van der Waals surface area contributed by atoms with Crippen LogP contribution in [0.3, 0.4) is 0 Å². The molecule has 1 amide bonds. The molecule has 7 heteroatoms. The van der Waals surface area contributed by atoms with Gasteiger partial charge in [0.05, 0.1) is 11.5 Å². The van der Waals surface area contributed by atoms with Crippen LogP contribution in [-0.4, -0.2) is 38.4 Å². The molecule has 1 heterocycles. The van der Waals surface area contributed by atoms with Crippen molar-refractivity contribution in [2.75, 3.05) is 17.9 Å². The molecule has 156 valence electrons. The normalized spacial score (nSPS) is 17.1. The van der Waals surface area contributed by atoms with Crippen LogP contribution in [0.1, 0.15) is 49.0 Å². The van der Waals surface area contributed by atoms with Gasteiger partial charge in [0.2, 0.25) is 0 Å². The zero-order valence-corrected chi connectivity index (χ0v) is 18.0. The summed E-state index contributed by atoms with van der Waals surface area (Å²) in [5, 5.41) is 0. The number of ether oxygens (including phenoxy) is 1. The fourth-order valence-electron chi connectivity index (χ4n) is 3.55. The number of anilines is 1. The summed E-state index contributed by atoms with van der Waals surface area (Å²) < 4.78 is 33.7. The Morgan fingerprint density at radius 3 is 2.55 bits per heavy atom. The second-order valence-electron chi connectivity index (χ2n) is 7.38. The second kappa shape index (κ2) is 8.86. The van der Waals surface area contributed by atoms with Gasteiger partial charge in [-0.3, -0.25) is 9.52 Å². The predicted octanol–water partition coefficient (Wildman–Crippen LogP) is 4.21. The van der Waals surface area contributed by atoms with E-state index in [1.165, 1.54) is 12.1 Å². The number of rotatable bonds is 6. The Bertz CT molecular complexity index is 971. The first-order chi connectivity index (χ1) is 13.8. The molecular formula is C22H28N2O4S. The van der Waals surface area contributed by atoms with Gasteiger partial charge >= 0.3 is 0 Å². The molecule has 1 atom stereocenters. The second-order valence-corrected chi connectivity index (χ2v) is 9.07. The summed E-state index contributed by atoms with van der Waals surface area (Å²) in [6, 6.07) is 11.6. The number of benzene rings is 2. The molecular weight excluding hydrogens is 388 g/mol. The van der Waals surface area contributed by atoms with Crippen LogP contribution in [0.5, 0.6) is 5.75 Å². The van der Waals surface area contributed by atoms with Crippen molar-refractivity contribution in [3.63, 3.8) is 0 Å². The lowest BCUT2D eigenvalue weighted by molar-refractivity contribution is 0.0634. The summed E-state index contributed by atoms with van der Waals surface area (Å²) in [7, 11) is -3.82. The van der Waals surface area contributed by atoms with Crippen molar-refractivity contribution in [2.24, 2.45) is 0 Å². The number of sulfonamides is 1. The highest BCUT2D eigenvalue weighted by Gasteiger charge is 2.26. The molecule has 3 rings (SSSR count). The first-order valence-corrected chi connectivity index (χ1v) is 11.5. The van der Waals surface area contributed by atoms with Crippen LogP contribution in [0.15, 0.2) is 47.4 Å². The van der Waals surface area contributed by atoms with Crippen molar-refractivity contribution in [3.05, 3.63) is 53.6 Å². The summed E-state index contributed by atoms with van der Waals surface area (Å²) in [6.07, 6.45) is 3.07. The number of aryl methyl sites for hydroxylation is 1. The lowest BCUT2D eigenvalue weighted by Crippen LogP contribution is -2.42. The minimum Gasteiger partial charge on any atom is -0.494 e. The molecule has 0 saturated carbocycles. The fraction of sp³-hybridized carbons (Fsp3) is 0.409. The van der Waals surface area contributed by atoms with Gasteiger partial charge in [0.25, 0.3) is 15.9 Å². The standard InChI is InChI=1S/C22H28N2O4S/c1-4-28-19-11-9-18(10-12-19)23-29(26,27)20-13-8-16(2)21(15-20)22(25)24-14-6-5-7-17(24)3/h8-13,15,17,23H,4-7,14H2,1-3H3. The summed E-state index contributed by atoms with van der Waals surface area (Å²) in [4.78, 5) is 15.0.